The van der Waals surface area contributed by atoms with E-state index in [-0.39, 0.29) is 11.1 Å². The summed E-state index contributed by atoms with van der Waals surface area (Å²) in [4.78, 5) is 12.9. The summed E-state index contributed by atoms with van der Waals surface area (Å²) in [5, 5.41) is 0.109. The van der Waals surface area contributed by atoms with Gasteiger partial charge in [-0.3, -0.25) is 9.36 Å². The van der Waals surface area contributed by atoms with Gasteiger partial charge in [-0.2, -0.15) is 0 Å². The van der Waals surface area contributed by atoms with E-state index < -0.39 is 7.60 Å². The van der Waals surface area contributed by atoms with E-state index >= 15 is 0 Å². The van der Waals surface area contributed by atoms with Crippen LogP contribution in [0, 0.1) is 6.92 Å². The minimum absolute atomic E-state index is 0.109. The fourth-order valence-corrected chi connectivity index (χ4v) is 4.35. The summed E-state index contributed by atoms with van der Waals surface area (Å²) < 4.78 is 23.2. The van der Waals surface area contributed by atoms with Gasteiger partial charge in [0.25, 0.3) is 0 Å². The van der Waals surface area contributed by atoms with Crippen LogP contribution >= 0.6 is 7.60 Å². The van der Waals surface area contributed by atoms with E-state index in [0.717, 1.165) is 16.7 Å². The van der Waals surface area contributed by atoms with Gasteiger partial charge in [0.2, 0.25) is 5.78 Å². The molecule has 0 saturated carbocycles. The molecule has 4 nitrogen and oxygen atoms in total. The first-order valence-electron chi connectivity index (χ1n) is 7.20. The lowest BCUT2D eigenvalue weighted by molar-refractivity contribution is 0.104. The van der Waals surface area contributed by atoms with Crippen LogP contribution in [0.5, 0.6) is 0 Å². The van der Waals surface area contributed by atoms with Crippen molar-refractivity contribution < 1.29 is 18.4 Å². The van der Waals surface area contributed by atoms with Crippen LogP contribution in [0.3, 0.4) is 0 Å². The molecule has 1 aliphatic rings. The van der Waals surface area contributed by atoms with E-state index in [1.165, 1.54) is 14.2 Å². The Kier molecular flexibility index (Phi) is 4.07. The molecule has 0 fully saturated rings. The smallest absolute Gasteiger partial charge is 0.308 e. The molecular formula is C18H17O4P. The van der Waals surface area contributed by atoms with Gasteiger partial charge in [0.1, 0.15) is 5.31 Å². The molecule has 0 aliphatic heterocycles. The number of fused-ring (bicyclic) bond motifs is 1. The van der Waals surface area contributed by atoms with Gasteiger partial charge in [-0.15, -0.1) is 0 Å². The van der Waals surface area contributed by atoms with Crippen molar-refractivity contribution in [3.8, 4) is 0 Å². The molecule has 118 valence electrons. The highest BCUT2D eigenvalue weighted by atomic mass is 31.2. The Labute approximate surface area is 135 Å². The Bertz CT molecular complexity index is 845. The molecule has 0 unspecified atom stereocenters. The third-order valence-electron chi connectivity index (χ3n) is 4.04. The quantitative estimate of drug-likeness (QED) is 0.779. The predicted octanol–water partition coefficient (Wildman–Crippen LogP) is 4.44. The highest BCUT2D eigenvalue weighted by Crippen LogP contribution is 2.61. The molecule has 0 aromatic heterocycles. The SMILES string of the molecule is COP(=O)(OC)C1=C(c2ccccc2)c2c(C)cccc2C1=O. The summed E-state index contributed by atoms with van der Waals surface area (Å²) in [6.07, 6.45) is 0. The van der Waals surface area contributed by atoms with Crippen molar-refractivity contribution in [2.45, 2.75) is 6.92 Å². The number of allylic oxidation sites excluding steroid dienone is 1. The maximum absolute atomic E-state index is 13.0. The number of carbonyl (C=O) groups is 1. The molecule has 0 spiro atoms. The van der Waals surface area contributed by atoms with Gasteiger partial charge in [-0.25, -0.2) is 0 Å². The number of ketones is 1. The van der Waals surface area contributed by atoms with Gasteiger partial charge in [-0.1, -0.05) is 48.5 Å². The molecule has 0 amide bonds. The molecule has 1 aliphatic carbocycles. The number of hydrogen-bond acceptors (Lipinski definition) is 4. The monoisotopic (exact) mass is 328 g/mol. The zero-order valence-corrected chi connectivity index (χ0v) is 14.1. The second-order valence-electron chi connectivity index (χ2n) is 5.28. The number of rotatable bonds is 4. The second-order valence-corrected chi connectivity index (χ2v) is 7.45. The maximum Gasteiger partial charge on any atom is 0.365 e. The molecule has 0 bridgehead atoms. The van der Waals surface area contributed by atoms with E-state index in [1.807, 2.05) is 49.4 Å². The topological polar surface area (TPSA) is 52.6 Å². The first kappa shape index (κ1) is 15.9. The first-order valence-corrected chi connectivity index (χ1v) is 8.74. The molecule has 0 heterocycles. The number of hydrogen-bond donors (Lipinski definition) is 0. The van der Waals surface area contributed by atoms with Crippen molar-refractivity contribution in [3.63, 3.8) is 0 Å². The van der Waals surface area contributed by atoms with Crippen molar-refractivity contribution in [1.82, 2.24) is 0 Å². The lowest BCUT2D eigenvalue weighted by Gasteiger charge is -2.16. The predicted molar refractivity (Wildman–Crippen MR) is 89.6 cm³/mol. The molecule has 2 aromatic rings. The van der Waals surface area contributed by atoms with Crippen LogP contribution in [0.1, 0.15) is 27.0 Å². The number of carbonyl (C=O) groups excluding carboxylic acids is 1. The second kappa shape index (κ2) is 5.89. The molecule has 0 saturated heterocycles. The van der Waals surface area contributed by atoms with Crippen molar-refractivity contribution in [2.75, 3.05) is 14.2 Å². The Hall–Kier alpha value is -2.00. The molecule has 0 N–H and O–H groups in total. The maximum atomic E-state index is 13.0. The van der Waals surface area contributed by atoms with Crippen molar-refractivity contribution in [3.05, 3.63) is 76.1 Å². The molecule has 0 atom stereocenters. The number of benzene rings is 2. The Morgan fingerprint density at radius 2 is 1.57 bits per heavy atom. The highest BCUT2D eigenvalue weighted by molar-refractivity contribution is 7.60. The minimum Gasteiger partial charge on any atom is -0.308 e. The van der Waals surface area contributed by atoms with Crippen LogP contribution in [-0.4, -0.2) is 20.0 Å². The van der Waals surface area contributed by atoms with Crippen LogP contribution in [0.2, 0.25) is 0 Å². The minimum atomic E-state index is -3.68. The first-order chi connectivity index (χ1) is 11.0. The van der Waals surface area contributed by atoms with Crippen LogP contribution in [0.15, 0.2) is 53.8 Å². The fourth-order valence-electron chi connectivity index (χ4n) is 2.95. The summed E-state index contributed by atoms with van der Waals surface area (Å²) in [7, 11) is -1.09. The van der Waals surface area contributed by atoms with Crippen molar-refractivity contribution in [2.24, 2.45) is 0 Å². The third kappa shape index (κ3) is 2.40. The van der Waals surface area contributed by atoms with Crippen LogP contribution in [0.25, 0.3) is 5.57 Å². The fraction of sp³-hybridized carbons (Fsp3) is 0.167. The lowest BCUT2D eigenvalue weighted by Crippen LogP contribution is -2.03. The molecule has 0 radical (unpaired) electrons. The standard InChI is InChI=1S/C18H17O4P/c1-12-8-7-11-14-15(12)16(13-9-5-4-6-10-13)18(17(14)19)23(20,21-2)22-3/h4-11H,1-3H3. The average molecular weight is 328 g/mol. The number of Topliss-reactive ketones (excluding diaryl/α,β-unsaturated/α-hetero) is 1. The molecule has 5 heteroatoms. The largest absolute Gasteiger partial charge is 0.365 e. The molecule has 23 heavy (non-hydrogen) atoms. The summed E-state index contributed by atoms with van der Waals surface area (Å²) in [5.41, 5.74) is 3.73. The molecule has 3 rings (SSSR count). The zero-order chi connectivity index (χ0) is 16.6. The van der Waals surface area contributed by atoms with Crippen LogP contribution in [0.4, 0.5) is 0 Å². The highest BCUT2D eigenvalue weighted by Gasteiger charge is 2.43. The Morgan fingerprint density at radius 1 is 0.913 bits per heavy atom. The number of aryl methyl sites for hydroxylation is 1. The van der Waals surface area contributed by atoms with Crippen LogP contribution < -0.4 is 0 Å². The summed E-state index contributed by atoms with van der Waals surface area (Å²) >= 11 is 0. The Morgan fingerprint density at radius 3 is 2.17 bits per heavy atom. The van der Waals surface area contributed by atoms with Crippen LogP contribution in [-0.2, 0) is 13.6 Å². The van der Waals surface area contributed by atoms with Gasteiger partial charge in [-0.05, 0) is 23.6 Å². The van der Waals surface area contributed by atoms with E-state index in [4.69, 9.17) is 9.05 Å². The third-order valence-corrected chi connectivity index (χ3v) is 5.97. The van der Waals surface area contributed by atoms with E-state index in [1.54, 1.807) is 6.07 Å². The normalized spacial score (nSPS) is 14.3. The molecule has 2 aromatic carbocycles. The summed E-state index contributed by atoms with van der Waals surface area (Å²) in [6.45, 7) is 1.93. The van der Waals surface area contributed by atoms with E-state index in [0.29, 0.717) is 11.1 Å². The van der Waals surface area contributed by atoms with Crippen molar-refractivity contribution >= 4 is 19.0 Å². The molecular weight excluding hydrogens is 311 g/mol. The van der Waals surface area contributed by atoms with Gasteiger partial charge in [0.05, 0.1) is 0 Å². The average Bonchev–Trinajstić information content (AvgIpc) is 2.90. The zero-order valence-electron chi connectivity index (χ0n) is 13.2. The van der Waals surface area contributed by atoms with Gasteiger partial charge in [0, 0.05) is 25.4 Å². The summed E-state index contributed by atoms with van der Waals surface area (Å²) in [6, 6.07) is 14.9. The van der Waals surface area contributed by atoms with Crippen molar-refractivity contribution in [1.29, 1.82) is 0 Å². The van der Waals surface area contributed by atoms with E-state index in [2.05, 4.69) is 0 Å². The van der Waals surface area contributed by atoms with E-state index in [9.17, 15) is 9.36 Å². The summed E-state index contributed by atoms with van der Waals surface area (Å²) in [5.74, 6) is -0.297. The van der Waals surface area contributed by atoms with Gasteiger partial charge >= 0.3 is 7.60 Å². The van der Waals surface area contributed by atoms with Gasteiger partial charge in [0.15, 0.2) is 0 Å². The lowest BCUT2D eigenvalue weighted by atomic mass is 9.95. The Balaban J connectivity index is 2.41. The van der Waals surface area contributed by atoms with Gasteiger partial charge < -0.3 is 9.05 Å².